The average molecular weight is 310 g/mol. The molecular formula is C14H16ClN3O3. The molecule has 0 bridgehead atoms. The summed E-state index contributed by atoms with van der Waals surface area (Å²) in [7, 11) is 0. The lowest BCUT2D eigenvalue weighted by Crippen LogP contribution is -2.27. The first kappa shape index (κ1) is 15.2. The van der Waals surface area contributed by atoms with Gasteiger partial charge >= 0.3 is 6.09 Å². The number of halogens is 1. The Balaban J connectivity index is 2.14. The molecule has 0 saturated carbocycles. The van der Waals surface area contributed by atoms with Crippen molar-refractivity contribution >= 4 is 29.4 Å². The molecule has 0 spiro atoms. The van der Waals surface area contributed by atoms with Gasteiger partial charge in [-0.25, -0.2) is 9.78 Å². The highest BCUT2D eigenvalue weighted by Crippen LogP contribution is 2.31. The zero-order valence-corrected chi connectivity index (χ0v) is 12.7. The molecule has 0 radical (unpaired) electrons. The predicted octanol–water partition coefficient (Wildman–Crippen LogP) is 3.92. The van der Waals surface area contributed by atoms with Crippen molar-refractivity contribution in [3.8, 4) is 11.3 Å². The molecule has 0 aliphatic rings. The van der Waals surface area contributed by atoms with Crippen molar-refractivity contribution < 1.29 is 13.9 Å². The fourth-order valence-electron chi connectivity index (χ4n) is 1.63. The number of benzene rings is 1. The Morgan fingerprint density at radius 2 is 2.14 bits per heavy atom. The van der Waals surface area contributed by atoms with E-state index in [1.807, 2.05) is 0 Å². The van der Waals surface area contributed by atoms with Crippen molar-refractivity contribution in [3.05, 3.63) is 29.4 Å². The van der Waals surface area contributed by atoms with E-state index >= 15 is 0 Å². The molecule has 2 aromatic rings. The van der Waals surface area contributed by atoms with Crippen LogP contribution in [0.15, 0.2) is 28.8 Å². The maximum Gasteiger partial charge on any atom is 0.412 e. The van der Waals surface area contributed by atoms with Gasteiger partial charge in [-0.05, 0) is 39.0 Å². The molecule has 1 amide bonds. The summed E-state index contributed by atoms with van der Waals surface area (Å²) < 4.78 is 10.4. The number of hydrogen-bond acceptors (Lipinski definition) is 5. The molecule has 0 fully saturated rings. The van der Waals surface area contributed by atoms with Crippen molar-refractivity contribution in [1.29, 1.82) is 0 Å². The molecule has 112 valence electrons. The van der Waals surface area contributed by atoms with E-state index < -0.39 is 11.7 Å². The van der Waals surface area contributed by atoms with Gasteiger partial charge in [0.15, 0.2) is 5.76 Å². The second kappa shape index (κ2) is 5.65. The predicted molar refractivity (Wildman–Crippen MR) is 81.2 cm³/mol. The van der Waals surface area contributed by atoms with Crippen LogP contribution in [0.3, 0.4) is 0 Å². The van der Waals surface area contributed by atoms with Crippen LogP contribution in [0.4, 0.5) is 16.5 Å². The quantitative estimate of drug-likeness (QED) is 0.877. The lowest BCUT2D eigenvalue weighted by atomic mass is 10.1. The molecule has 1 heterocycles. The van der Waals surface area contributed by atoms with Crippen LogP contribution in [0.2, 0.25) is 5.02 Å². The first-order valence-electron chi connectivity index (χ1n) is 6.26. The minimum absolute atomic E-state index is 0.0667. The van der Waals surface area contributed by atoms with E-state index in [0.29, 0.717) is 22.0 Å². The maximum atomic E-state index is 11.7. The zero-order chi connectivity index (χ0) is 15.6. The van der Waals surface area contributed by atoms with Crippen LogP contribution < -0.4 is 11.1 Å². The third-order valence-corrected chi connectivity index (χ3v) is 2.72. The smallest absolute Gasteiger partial charge is 0.412 e. The molecule has 0 unspecified atom stereocenters. The molecule has 2 rings (SSSR count). The third kappa shape index (κ3) is 4.13. The number of nitrogen functional groups attached to an aromatic ring is 1. The summed E-state index contributed by atoms with van der Waals surface area (Å²) in [6, 6.07) is 5.05. The summed E-state index contributed by atoms with van der Waals surface area (Å²) in [4.78, 5) is 15.5. The van der Waals surface area contributed by atoms with E-state index in [1.54, 1.807) is 39.0 Å². The number of aromatic nitrogens is 1. The van der Waals surface area contributed by atoms with E-state index in [4.69, 9.17) is 26.5 Å². The molecule has 0 atom stereocenters. The number of nitrogens with zero attached hydrogens (tertiary/aromatic N) is 1. The van der Waals surface area contributed by atoms with Crippen LogP contribution in [0.25, 0.3) is 11.3 Å². The molecule has 1 aromatic heterocycles. The number of anilines is 2. The summed E-state index contributed by atoms with van der Waals surface area (Å²) in [6.45, 7) is 5.37. The van der Waals surface area contributed by atoms with Crippen LogP contribution in [-0.2, 0) is 4.74 Å². The number of ether oxygens (including phenoxy) is 1. The van der Waals surface area contributed by atoms with Crippen molar-refractivity contribution in [2.45, 2.75) is 26.4 Å². The van der Waals surface area contributed by atoms with Gasteiger partial charge < -0.3 is 14.9 Å². The van der Waals surface area contributed by atoms with Crippen LogP contribution in [0, 0.1) is 0 Å². The Kier molecular flexibility index (Phi) is 4.09. The topological polar surface area (TPSA) is 90.4 Å². The van der Waals surface area contributed by atoms with Gasteiger partial charge in [-0.15, -0.1) is 0 Å². The minimum atomic E-state index is -0.564. The standard InChI is InChI=1S/C14H16ClN3O3/c1-14(2,3)21-13(19)18-8-4-5-9(10(15)6-8)11-7-17-12(16)20-11/h4-7H,1-3H3,(H2,16,17)(H,18,19). The lowest BCUT2D eigenvalue weighted by molar-refractivity contribution is 0.0636. The normalized spacial score (nSPS) is 11.2. The van der Waals surface area contributed by atoms with Gasteiger partial charge in [0.05, 0.1) is 11.2 Å². The monoisotopic (exact) mass is 309 g/mol. The SMILES string of the molecule is CC(C)(C)OC(=O)Nc1ccc(-c2cnc(N)o2)c(Cl)c1. The van der Waals surface area contributed by atoms with Gasteiger partial charge in [-0.1, -0.05) is 11.6 Å². The first-order chi connectivity index (χ1) is 9.74. The molecule has 1 aromatic carbocycles. The number of rotatable bonds is 2. The molecule has 0 saturated heterocycles. The van der Waals surface area contributed by atoms with Crippen molar-refractivity contribution in [1.82, 2.24) is 4.98 Å². The van der Waals surface area contributed by atoms with Crippen molar-refractivity contribution in [2.75, 3.05) is 11.1 Å². The van der Waals surface area contributed by atoms with Crippen LogP contribution >= 0.6 is 11.6 Å². The van der Waals surface area contributed by atoms with Crippen LogP contribution in [0.5, 0.6) is 0 Å². The Labute approximate surface area is 127 Å². The minimum Gasteiger partial charge on any atom is -0.444 e. The van der Waals surface area contributed by atoms with E-state index in [2.05, 4.69) is 10.3 Å². The third-order valence-electron chi connectivity index (χ3n) is 2.40. The molecular weight excluding hydrogens is 294 g/mol. The number of nitrogens with one attached hydrogen (secondary N) is 1. The molecule has 3 N–H and O–H groups in total. The number of hydrogen-bond donors (Lipinski definition) is 2. The summed E-state index contributed by atoms with van der Waals surface area (Å²) in [5.74, 6) is 0.460. The van der Waals surface area contributed by atoms with Gasteiger partial charge in [0, 0.05) is 11.3 Å². The zero-order valence-electron chi connectivity index (χ0n) is 11.9. The fourth-order valence-corrected chi connectivity index (χ4v) is 1.90. The average Bonchev–Trinajstić information content (AvgIpc) is 2.73. The summed E-state index contributed by atoms with van der Waals surface area (Å²) in [6.07, 6.45) is 0.938. The second-order valence-electron chi connectivity index (χ2n) is 5.38. The highest BCUT2D eigenvalue weighted by Gasteiger charge is 2.17. The fraction of sp³-hybridized carbons (Fsp3) is 0.286. The van der Waals surface area contributed by atoms with Crippen molar-refractivity contribution in [3.63, 3.8) is 0 Å². The number of amides is 1. The molecule has 0 aliphatic carbocycles. The maximum absolute atomic E-state index is 11.7. The number of carbonyl (C=O) groups is 1. The van der Waals surface area contributed by atoms with E-state index in [9.17, 15) is 4.79 Å². The highest BCUT2D eigenvalue weighted by atomic mass is 35.5. The van der Waals surface area contributed by atoms with Gasteiger partial charge in [-0.3, -0.25) is 5.32 Å². The van der Waals surface area contributed by atoms with Crippen LogP contribution in [-0.4, -0.2) is 16.7 Å². The largest absolute Gasteiger partial charge is 0.444 e. The first-order valence-corrected chi connectivity index (χ1v) is 6.63. The van der Waals surface area contributed by atoms with Crippen molar-refractivity contribution in [2.24, 2.45) is 0 Å². The Morgan fingerprint density at radius 1 is 1.43 bits per heavy atom. The number of carbonyl (C=O) groups excluding carboxylic acids is 1. The van der Waals surface area contributed by atoms with Gasteiger partial charge in [-0.2, -0.15) is 0 Å². The van der Waals surface area contributed by atoms with Crippen LogP contribution in [0.1, 0.15) is 20.8 Å². The molecule has 0 aliphatic heterocycles. The lowest BCUT2D eigenvalue weighted by Gasteiger charge is -2.19. The summed E-state index contributed by atoms with van der Waals surface area (Å²) in [5, 5.41) is 3.01. The second-order valence-corrected chi connectivity index (χ2v) is 5.79. The van der Waals surface area contributed by atoms with Gasteiger partial charge in [0.2, 0.25) is 0 Å². The van der Waals surface area contributed by atoms with E-state index in [0.717, 1.165) is 0 Å². The molecule has 21 heavy (non-hydrogen) atoms. The Hall–Kier alpha value is -2.21. The Morgan fingerprint density at radius 3 is 2.67 bits per heavy atom. The van der Waals surface area contributed by atoms with E-state index in [-0.39, 0.29) is 6.01 Å². The van der Waals surface area contributed by atoms with Gasteiger partial charge in [0.1, 0.15) is 5.60 Å². The number of oxazole rings is 1. The summed E-state index contributed by atoms with van der Waals surface area (Å²) in [5.41, 5.74) is 6.02. The van der Waals surface area contributed by atoms with E-state index in [1.165, 1.54) is 6.20 Å². The molecule has 7 heteroatoms. The Bertz CT molecular complexity index is 662. The van der Waals surface area contributed by atoms with Gasteiger partial charge in [0.25, 0.3) is 6.01 Å². The molecule has 6 nitrogen and oxygen atoms in total. The highest BCUT2D eigenvalue weighted by molar-refractivity contribution is 6.33. The number of nitrogens with two attached hydrogens (primary N) is 1. The summed E-state index contributed by atoms with van der Waals surface area (Å²) >= 11 is 6.17.